The molecule has 1 aliphatic rings. The number of nitrogens with zero attached hydrogens (tertiary/aromatic N) is 1. The van der Waals surface area contributed by atoms with Crippen LogP contribution in [-0.4, -0.2) is 75.5 Å². The number of aliphatic carboxylic acids is 2. The smallest absolute Gasteiger partial charge is 0.326 e. The van der Waals surface area contributed by atoms with Gasteiger partial charge in [0.05, 0.1) is 6.04 Å². The number of carbonyl (C=O) groups is 5. The van der Waals surface area contributed by atoms with Gasteiger partial charge in [-0.05, 0) is 31.1 Å². The van der Waals surface area contributed by atoms with Crippen LogP contribution < -0.4 is 16.4 Å². The summed E-state index contributed by atoms with van der Waals surface area (Å²) < 4.78 is 0. The maximum absolute atomic E-state index is 13.0. The molecule has 0 aliphatic carbocycles. The predicted molar refractivity (Wildman–Crippen MR) is 111 cm³/mol. The summed E-state index contributed by atoms with van der Waals surface area (Å²) in [6.45, 7) is 7.16. The molecule has 1 fully saturated rings. The molecule has 0 spiro atoms. The van der Waals surface area contributed by atoms with Gasteiger partial charge in [0.25, 0.3) is 0 Å². The Bertz CT molecular complexity index is 695. The molecular formula is C20H34N4O7. The molecule has 0 aromatic rings. The van der Waals surface area contributed by atoms with Gasteiger partial charge in [0, 0.05) is 13.0 Å². The number of hydrogen-bond acceptors (Lipinski definition) is 6. The Labute approximate surface area is 181 Å². The van der Waals surface area contributed by atoms with Crippen LogP contribution in [0.25, 0.3) is 0 Å². The number of hydrogen-bond donors (Lipinski definition) is 5. The number of carboxylic acid groups (broad SMARTS) is 2. The molecule has 4 unspecified atom stereocenters. The molecule has 4 atom stereocenters. The average molecular weight is 443 g/mol. The van der Waals surface area contributed by atoms with E-state index < -0.39 is 53.8 Å². The second-order valence-electron chi connectivity index (χ2n) is 8.52. The lowest BCUT2D eigenvalue weighted by molar-refractivity contribution is -0.150. The quantitative estimate of drug-likeness (QED) is 0.285. The summed E-state index contributed by atoms with van der Waals surface area (Å²) >= 11 is 0. The van der Waals surface area contributed by atoms with Crippen LogP contribution in [0.3, 0.4) is 0 Å². The van der Waals surface area contributed by atoms with Crippen molar-refractivity contribution >= 4 is 29.7 Å². The van der Waals surface area contributed by atoms with Crippen LogP contribution in [0.4, 0.5) is 0 Å². The minimum Gasteiger partial charge on any atom is -0.481 e. The van der Waals surface area contributed by atoms with Crippen LogP contribution in [0.5, 0.6) is 0 Å². The molecule has 6 N–H and O–H groups in total. The summed E-state index contributed by atoms with van der Waals surface area (Å²) in [5.41, 5.74) is 5.84. The van der Waals surface area contributed by atoms with Crippen molar-refractivity contribution < 1.29 is 34.2 Å². The molecule has 31 heavy (non-hydrogen) atoms. The average Bonchev–Trinajstić information content (AvgIpc) is 3.17. The normalized spacial score (nSPS) is 19.1. The van der Waals surface area contributed by atoms with E-state index in [2.05, 4.69) is 10.6 Å². The van der Waals surface area contributed by atoms with Crippen molar-refractivity contribution in [1.82, 2.24) is 15.5 Å². The Kier molecular flexibility index (Phi) is 9.89. The molecule has 1 saturated heterocycles. The first-order valence-electron chi connectivity index (χ1n) is 10.5. The summed E-state index contributed by atoms with van der Waals surface area (Å²) in [7, 11) is 0. The zero-order chi connectivity index (χ0) is 23.9. The number of likely N-dealkylation sites (tertiary alicyclic amines) is 1. The fraction of sp³-hybridized carbons (Fsp3) is 0.750. The number of amides is 3. The second kappa shape index (κ2) is 11.6. The van der Waals surface area contributed by atoms with Crippen LogP contribution >= 0.6 is 0 Å². The molecule has 1 rings (SSSR count). The zero-order valence-corrected chi connectivity index (χ0v) is 18.5. The summed E-state index contributed by atoms with van der Waals surface area (Å²) in [4.78, 5) is 61.8. The molecule has 0 radical (unpaired) electrons. The van der Waals surface area contributed by atoms with Crippen LogP contribution in [0.1, 0.15) is 53.4 Å². The standard InChI is InChI=1S/C20H34N4O7/c1-10(2)15(21)17(27)23-16(11(3)4)18(28)22-12(7-8-14(25)26)19(29)24-9-5-6-13(24)20(30)31/h10-13,15-16H,5-9,21H2,1-4H3,(H,22,28)(H,23,27)(H,25,26)(H,30,31). The number of nitrogens with one attached hydrogen (secondary N) is 2. The van der Waals surface area contributed by atoms with Crippen molar-refractivity contribution in [1.29, 1.82) is 0 Å². The molecule has 11 nitrogen and oxygen atoms in total. The van der Waals surface area contributed by atoms with E-state index in [0.717, 1.165) is 4.90 Å². The molecule has 11 heteroatoms. The predicted octanol–water partition coefficient (Wildman–Crippen LogP) is -0.464. The first-order chi connectivity index (χ1) is 14.4. The van der Waals surface area contributed by atoms with Gasteiger partial charge in [-0.2, -0.15) is 0 Å². The van der Waals surface area contributed by atoms with Crippen molar-refractivity contribution in [2.75, 3.05) is 6.54 Å². The Morgan fingerprint density at radius 2 is 1.61 bits per heavy atom. The van der Waals surface area contributed by atoms with Gasteiger partial charge in [-0.1, -0.05) is 27.7 Å². The molecule has 1 aliphatic heterocycles. The number of carbonyl (C=O) groups excluding carboxylic acids is 3. The van der Waals surface area contributed by atoms with Gasteiger partial charge < -0.3 is 31.5 Å². The van der Waals surface area contributed by atoms with Crippen LogP contribution in [0.15, 0.2) is 0 Å². The highest BCUT2D eigenvalue weighted by Crippen LogP contribution is 2.20. The number of carboxylic acids is 2. The third-order valence-electron chi connectivity index (χ3n) is 5.35. The van der Waals surface area contributed by atoms with Crippen molar-refractivity contribution in [3.63, 3.8) is 0 Å². The summed E-state index contributed by atoms with van der Waals surface area (Å²) in [5.74, 6) is -4.60. The largest absolute Gasteiger partial charge is 0.481 e. The fourth-order valence-corrected chi connectivity index (χ4v) is 3.36. The van der Waals surface area contributed by atoms with Crippen molar-refractivity contribution in [2.24, 2.45) is 17.6 Å². The van der Waals surface area contributed by atoms with E-state index in [0.29, 0.717) is 12.8 Å². The molecule has 0 aromatic heterocycles. The molecule has 0 bridgehead atoms. The van der Waals surface area contributed by atoms with Crippen molar-refractivity contribution in [3.8, 4) is 0 Å². The SMILES string of the molecule is CC(C)C(N)C(=O)NC(C(=O)NC(CCC(=O)O)C(=O)N1CCCC1C(=O)O)C(C)C. The van der Waals surface area contributed by atoms with Crippen molar-refractivity contribution in [3.05, 3.63) is 0 Å². The van der Waals surface area contributed by atoms with E-state index in [9.17, 15) is 29.1 Å². The van der Waals surface area contributed by atoms with Gasteiger partial charge in [-0.25, -0.2) is 4.79 Å². The highest BCUT2D eigenvalue weighted by atomic mass is 16.4. The van der Waals surface area contributed by atoms with Gasteiger partial charge in [0.15, 0.2) is 0 Å². The topological polar surface area (TPSA) is 179 Å². The Morgan fingerprint density at radius 3 is 2.10 bits per heavy atom. The lowest BCUT2D eigenvalue weighted by Gasteiger charge is -2.30. The number of rotatable bonds is 11. The zero-order valence-electron chi connectivity index (χ0n) is 18.5. The Hall–Kier alpha value is -2.69. The van der Waals surface area contributed by atoms with E-state index >= 15 is 0 Å². The minimum atomic E-state index is -1.22. The number of nitrogens with two attached hydrogens (primary N) is 1. The maximum atomic E-state index is 13.0. The first-order valence-corrected chi connectivity index (χ1v) is 10.5. The second-order valence-corrected chi connectivity index (χ2v) is 8.52. The monoisotopic (exact) mass is 442 g/mol. The molecule has 1 heterocycles. The van der Waals surface area contributed by atoms with Gasteiger partial charge in [0.2, 0.25) is 17.7 Å². The first kappa shape index (κ1) is 26.3. The van der Waals surface area contributed by atoms with E-state index in [4.69, 9.17) is 10.8 Å². The van der Waals surface area contributed by atoms with E-state index in [1.165, 1.54) is 0 Å². The summed E-state index contributed by atoms with van der Waals surface area (Å²) in [6.07, 6.45) is 0.199. The Morgan fingerprint density at radius 1 is 1.00 bits per heavy atom. The molecule has 176 valence electrons. The third kappa shape index (κ3) is 7.50. The Balaban J connectivity index is 3.01. The van der Waals surface area contributed by atoms with Gasteiger partial charge >= 0.3 is 11.9 Å². The van der Waals surface area contributed by atoms with Gasteiger partial charge in [-0.15, -0.1) is 0 Å². The van der Waals surface area contributed by atoms with E-state index in [1.54, 1.807) is 27.7 Å². The molecule has 0 saturated carbocycles. The van der Waals surface area contributed by atoms with Crippen LogP contribution in [0, 0.1) is 11.8 Å². The van der Waals surface area contributed by atoms with Crippen LogP contribution in [0.2, 0.25) is 0 Å². The van der Waals surface area contributed by atoms with Gasteiger partial charge in [-0.3, -0.25) is 19.2 Å². The summed E-state index contributed by atoms with van der Waals surface area (Å²) in [6, 6.07) is -4.05. The van der Waals surface area contributed by atoms with E-state index in [-0.39, 0.29) is 31.2 Å². The maximum Gasteiger partial charge on any atom is 0.326 e. The minimum absolute atomic E-state index is 0.149. The van der Waals surface area contributed by atoms with Crippen LogP contribution in [-0.2, 0) is 24.0 Å². The third-order valence-corrected chi connectivity index (χ3v) is 5.35. The van der Waals surface area contributed by atoms with E-state index in [1.807, 2.05) is 0 Å². The fourth-order valence-electron chi connectivity index (χ4n) is 3.36. The highest BCUT2D eigenvalue weighted by Gasteiger charge is 2.38. The lowest BCUT2D eigenvalue weighted by Crippen LogP contribution is -2.58. The molecule has 0 aromatic carbocycles. The summed E-state index contributed by atoms with van der Waals surface area (Å²) in [5, 5.41) is 23.5. The molecule has 3 amide bonds. The molecular weight excluding hydrogens is 408 g/mol. The van der Waals surface area contributed by atoms with Gasteiger partial charge in [0.1, 0.15) is 18.1 Å². The highest BCUT2D eigenvalue weighted by molar-refractivity contribution is 5.94. The lowest BCUT2D eigenvalue weighted by atomic mass is 9.99. The van der Waals surface area contributed by atoms with Crippen molar-refractivity contribution in [2.45, 2.75) is 77.5 Å².